The third-order valence-electron chi connectivity index (χ3n) is 1.54. The maximum absolute atomic E-state index is 10.1. The second-order valence-electron chi connectivity index (χ2n) is 2.57. The Morgan fingerprint density at radius 1 is 1.23 bits per heavy atom. The molecule has 1 nitrogen and oxygen atoms in total. The third kappa shape index (κ3) is 3.39. The van der Waals surface area contributed by atoms with Crippen molar-refractivity contribution in [2.75, 3.05) is 6.61 Å². The summed E-state index contributed by atoms with van der Waals surface area (Å²) in [6.07, 6.45) is 4.23. The van der Waals surface area contributed by atoms with Crippen molar-refractivity contribution in [2.45, 2.75) is 6.42 Å². The van der Waals surface area contributed by atoms with Crippen LogP contribution in [0, 0.1) is 0 Å². The number of hydrogen-bond donors (Lipinski definition) is 0. The minimum atomic E-state index is -0.0855. The number of halogens is 2. The van der Waals surface area contributed by atoms with Gasteiger partial charge in [-0.15, -0.1) is 0 Å². The lowest BCUT2D eigenvalue weighted by molar-refractivity contribution is 0.199. The summed E-state index contributed by atoms with van der Waals surface area (Å²) in [5.74, 6) is 0. The molecule has 0 atom stereocenters. The molecule has 0 bridgehead atoms. The standard InChI is InChI=1S/C10H9Cl2O/c11-9-5-4-8(7-10(9)12)3-1-2-6-13/h1,3-5,7H,2,6H2. The number of rotatable bonds is 3. The van der Waals surface area contributed by atoms with Gasteiger partial charge in [0.05, 0.1) is 16.7 Å². The lowest BCUT2D eigenvalue weighted by Crippen LogP contribution is -1.76. The molecule has 0 spiro atoms. The molecule has 1 radical (unpaired) electrons. The predicted molar refractivity (Wildman–Crippen MR) is 55.7 cm³/mol. The third-order valence-corrected chi connectivity index (χ3v) is 2.28. The van der Waals surface area contributed by atoms with Crippen molar-refractivity contribution in [1.82, 2.24) is 0 Å². The SMILES string of the molecule is [O]CCC=Cc1ccc(Cl)c(Cl)c1. The quantitative estimate of drug-likeness (QED) is 0.731. The van der Waals surface area contributed by atoms with Gasteiger partial charge in [0.2, 0.25) is 0 Å². The van der Waals surface area contributed by atoms with Crippen molar-refractivity contribution in [1.29, 1.82) is 0 Å². The smallest absolute Gasteiger partial charge is 0.0856 e. The van der Waals surface area contributed by atoms with Gasteiger partial charge in [-0.25, -0.2) is 5.11 Å². The van der Waals surface area contributed by atoms with Gasteiger partial charge in [-0.3, -0.25) is 0 Å². The summed E-state index contributed by atoms with van der Waals surface area (Å²) in [7, 11) is 0. The van der Waals surface area contributed by atoms with E-state index >= 15 is 0 Å². The summed E-state index contributed by atoms with van der Waals surface area (Å²) < 4.78 is 0. The molecule has 0 aliphatic rings. The van der Waals surface area contributed by atoms with Crippen LogP contribution in [0.3, 0.4) is 0 Å². The first kappa shape index (κ1) is 10.6. The Morgan fingerprint density at radius 2 is 2.00 bits per heavy atom. The Balaban J connectivity index is 2.73. The number of hydrogen-bond acceptors (Lipinski definition) is 0. The maximum Gasteiger partial charge on any atom is 0.0856 e. The molecule has 0 aliphatic carbocycles. The Labute approximate surface area is 87.6 Å². The van der Waals surface area contributed by atoms with E-state index < -0.39 is 0 Å². The molecule has 1 rings (SSSR count). The highest BCUT2D eigenvalue weighted by Crippen LogP contribution is 2.23. The fraction of sp³-hybridized carbons (Fsp3) is 0.200. The van der Waals surface area contributed by atoms with Gasteiger partial charge in [-0.05, 0) is 24.1 Å². The molecule has 0 heterocycles. The zero-order valence-electron chi connectivity index (χ0n) is 6.97. The van der Waals surface area contributed by atoms with Crippen molar-refractivity contribution in [2.24, 2.45) is 0 Å². The van der Waals surface area contributed by atoms with Crippen LogP contribution in [-0.2, 0) is 5.11 Å². The zero-order chi connectivity index (χ0) is 9.68. The van der Waals surface area contributed by atoms with Crippen LogP contribution in [0.1, 0.15) is 12.0 Å². The summed E-state index contributed by atoms with van der Waals surface area (Å²) in [4.78, 5) is 0. The van der Waals surface area contributed by atoms with E-state index in [0.717, 1.165) is 5.56 Å². The van der Waals surface area contributed by atoms with Crippen LogP contribution in [-0.4, -0.2) is 6.61 Å². The van der Waals surface area contributed by atoms with Crippen LogP contribution in [0.4, 0.5) is 0 Å². The largest absolute Gasteiger partial charge is 0.236 e. The first-order valence-corrected chi connectivity index (χ1v) is 4.69. The molecule has 0 saturated carbocycles. The second kappa shape index (κ2) is 5.28. The predicted octanol–water partition coefficient (Wildman–Crippen LogP) is 3.83. The lowest BCUT2D eigenvalue weighted by atomic mass is 10.2. The monoisotopic (exact) mass is 215 g/mol. The molecule has 0 aromatic heterocycles. The van der Waals surface area contributed by atoms with Crippen molar-refractivity contribution in [3.8, 4) is 0 Å². The second-order valence-corrected chi connectivity index (χ2v) is 3.38. The minimum absolute atomic E-state index is 0.0855. The molecule has 0 amide bonds. The highest BCUT2D eigenvalue weighted by molar-refractivity contribution is 6.42. The summed E-state index contributed by atoms with van der Waals surface area (Å²) in [5.41, 5.74) is 0.961. The van der Waals surface area contributed by atoms with Crippen LogP contribution in [0.25, 0.3) is 6.08 Å². The molecule has 0 unspecified atom stereocenters. The summed E-state index contributed by atoms with van der Waals surface area (Å²) in [6, 6.07) is 5.36. The van der Waals surface area contributed by atoms with E-state index in [4.69, 9.17) is 23.2 Å². The fourth-order valence-electron chi connectivity index (χ4n) is 0.904. The van der Waals surface area contributed by atoms with Gasteiger partial charge in [0.25, 0.3) is 0 Å². The summed E-state index contributed by atoms with van der Waals surface area (Å²) >= 11 is 11.5. The van der Waals surface area contributed by atoms with Gasteiger partial charge in [-0.1, -0.05) is 41.4 Å². The van der Waals surface area contributed by atoms with Crippen molar-refractivity contribution < 1.29 is 5.11 Å². The topological polar surface area (TPSA) is 19.9 Å². The fourth-order valence-corrected chi connectivity index (χ4v) is 1.21. The molecule has 0 fully saturated rings. The Hall–Kier alpha value is -0.500. The van der Waals surface area contributed by atoms with Crippen molar-refractivity contribution >= 4 is 29.3 Å². The Bertz CT molecular complexity index is 308. The van der Waals surface area contributed by atoms with E-state index in [2.05, 4.69) is 0 Å². The molecule has 69 valence electrons. The zero-order valence-corrected chi connectivity index (χ0v) is 8.48. The highest BCUT2D eigenvalue weighted by Gasteiger charge is 1.95. The molecule has 0 saturated heterocycles. The van der Waals surface area contributed by atoms with Gasteiger partial charge in [0.1, 0.15) is 0 Å². The minimum Gasteiger partial charge on any atom is -0.236 e. The van der Waals surface area contributed by atoms with E-state index in [-0.39, 0.29) is 6.61 Å². The van der Waals surface area contributed by atoms with Crippen molar-refractivity contribution in [3.05, 3.63) is 39.9 Å². The lowest BCUT2D eigenvalue weighted by Gasteiger charge is -1.96. The molecule has 0 aliphatic heterocycles. The normalized spacial score (nSPS) is 11.0. The van der Waals surface area contributed by atoms with Gasteiger partial charge < -0.3 is 0 Å². The van der Waals surface area contributed by atoms with Crippen LogP contribution in [0.5, 0.6) is 0 Å². The summed E-state index contributed by atoms with van der Waals surface area (Å²) in [6.45, 7) is -0.0855. The molecular weight excluding hydrogens is 207 g/mol. The van der Waals surface area contributed by atoms with Crippen molar-refractivity contribution in [3.63, 3.8) is 0 Å². The summed E-state index contributed by atoms with van der Waals surface area (Å²) in [5, 5.41) is 11.2. The maximum atomic E-state index is 10.1. The van der Waals surface area contributed by atoms with Gasteiger partial charge >= 0.3 is 0 Å². The molecule has 3 heteroatoms. The van der Waals surface area contributed by atoms with E-state index in [9.17, 15) is 5.11 Å². The Morgan fingerprint density at radius 3 is 2.62 bits per heavy atom. The van der Waals surface area contributed by atoms with Crippen LogP contribution in [0.2, 0.25) is 10.0 Å². The molecule has 0 N–H and O–H groups in total. The van der Waals surface area contributed by atoms with E-state index in [0.29, 0.717) is 16.5 Å². The van der Waals surface area contributed by atoms with Gasteiger partial charge in [-0.2, -0.15) is 0 Å². The highest BCUT2D eigenvalue weighted by atomic mass is 35.5. The molecule has 1 aromatic rings. The average Bonchev–Trinajstić information content (AvgIpc) is 2.12. The van der Waals surface area contributed by atoms with Crippen LogP contribution < -0.4 is 0 Å². The molecule has 1 aromatic carbocycles. The Kier molecular flexibility index (Phi) is 4.29. The molecule has 13 heavy (non-hydrogen) atoms. The van der Waals surface area contributed by atoms with E-state index in [1.807, 2.05) is 18.2 Å². The first-order valence-electron chi connectivity index (χ1n) is 3.93. The molecular formula is C10H9Cl2O. The van der Waals surface area contributed by atoms with E-state index in [1.54, 1.807) is 12.1 Å². The first-order chi connectivity index (χ1) is 6.24. The van der Waals surface area contributed by atoms with E-state index in [1.165, 1.54) is 0 Å². The number of benzene rings is 1. The van der Waals surface area contributed by atoms with Crippen LogP contribution >= 0.6 is 23.2 Å². The average molecular weight is 216 g/mol. The van der Waals surface area contributed by atoms with Crippen LogP contribution in [0.15, 0.2) is 24.3 Å². The van der Waals surface area contributed by atoms with Gasteiger partial charge in [0.15, 0.2) is 0 Å². The van der Waals surface area contributed by atoms with Gasteiger partial charge in [0, 0.05) is 0 Å².